The summed E-state index contributed by atoms with van der Waals surface area (Å²) in [6.07, 6.45) is 3.16. The number of fused-ring (bicyclic) bond motifs is 1. The Morgan fingerprint density at radius 2 is 2.17 bits per heavy atom. The molecule has 24 heavy (non-hydrogen) atoms. The fourth-order valence-electron chi connectivity index (χ4n) is 3.15. The SMILES string of the molecule is CN1CC(NC(=O)NCCc2cn(C)c3cc(Cl)ccc23)CC1=O. The first-order valence-corrected chi connectivity index (χ1v) is 8.33. The molecule has 1 aromatic carbocycles. The zero-order valence-electron chi connectivity index (χ0n) is 13.8. The number of urea groups is 1. The maximum atomic E-state index is 11.9. The average Bonchev–Trinajstić information content (AvgIpc) is 2.99. The van der Waals surface area contributed by atoms with Gasteiger partial charge >= 0.3 is 6.03 Å². The summed E-state index contributed by atoms with van der Waals surface area (Å²) >= 11 is 6.04. The van der Waals surface area contributed by atoms with Gasteiger partial charge in [0.15, 0.2) is 0 Å². The van der Waals surface area contributed by atoms with E-state index in [1.807, 2.05) is 29.8 Å². The van der Waals surface area contributed by atoms with Crippen molar-refractivity contribution < 1.29 is 9.59 Å². The number of aromatic nitrogens is 1. The van der Waals surface area contributed by atoms with Crippen LogP contribution in [0, 0.1) is 0 Å². The lowest BCUT2D eigenvalue weighted by molar-refractivity contribution is -0.126. The summed E-state index contributed by atoms with van der Waals surface area (Å²) in [5, 5.41) is 7.56. The van der Waals surface area contributed by atoms with Crippen molar-refractivity contribution in [1.82, 2.24) is 20.1 Å². The maximum Gasteiger partial charge on any atom is 0.315 e. The van der Waals surface area contributed by atoms with E-state index < -0.39 is 0 Å². The largest absolute Gasteiger partial charge is 0.350 e. The van der Waals surface area contributed by atoms with Crippen LogP contribution < -0.4 is 10.6 Å². The molecule has 6 nitrogen and oxygen atoms in total. The smallest absolute Gasteiger partial charge is 0.315 e. The first-order valence-electron chi connectivity index (χ1n) is 7.96. The van der Waals surface area contributed by atoms with Crippen LogP contribution in [0.15, 0.2) is 24.4 Å². The maximum absolute atomic E-state index is 11.9. The lowest BCUT2D eigenvalue weighted by Crippen LogP contribution is -2.43. The molecule has 0 spiro atoms. The van der Waals surface area contributed by atoms with Gasteiger partial charge in [0.05, 0.1) is 6.04 Å². The number of hydrogen-bond acceptors (Lipinski definition) is 2. The molecule has 7 heteroatoms. The van der Waals surface area contributed by atoms with E-state index in [2.05, 4.69) is 16.8 Å². The molecule has 2 N–H and O–H groups in total. The van der Waals surface area contributed by atoms with Crippen LogP contribution in [-0.2, 0) is 18.3 Å². The van der Waals surface area contributed by atoms with Crippen molar-refractivity contribution >= 4 is 34.4 Å². The molecule has 0 bridgehead atoms. The molecule has 2 heterocycles. The molecule has 1 aromatic heterocycles. The molecule has 128 valence electrons. The second-order valence-electron chi connectivity index (χ2n) is 6.25. The van der Waals surface area contributed by atoms with Crippen molar-refractivity contribution in [1.29, 1.82) is 0 Å². The highest BCUT2D eigenvalue weighted by atomic mass is 35.5. The summed E-state index contributed by atoms with van der Waals surface area (Å²) in [7, 11) is 3.73. The van der Waals surface area contributed by atoms with Crippen LogP contribution in [0.25, 0.3) is 10.9 Å². The number of nitrogens with one attached hydrogen (secondary N) is 2. The number of benzene rings is 1. The minimum atomic E-state index is -0.230. The second-order valence-corrected chi connectivity index (χ2v) is 6.69. The predicted molar refractivity (Wildman–Crippen MR) is 94.2 cm³/mol. The number of hydrogen-bond donors (Lipinski definition) is 2. The molecule has 0 aliphatic carbocycles. The Morgan fingerprint density at radius 3 is 2.88 bits per heavy atom. The van der Waals surface area contributed by atoms with E-state index in [0.29, 0.717) is 24.5 Å². The van der Waals surface area contributed by atoms with Crippen LogP contribution in [0.4, 0.5) is 4.79 Å². The van der Waals surface area contributed by atoms with Gasteiger partial charge in [0.1, 0.15) is 0 Å². The van der Waals surface area contributed by atoms with E-state index in [4.69, 9.17) is 11.6 Å². The molecule has 1 aliphatic rings. The molecule has 2 aromatic rings. The summed E-state index contributed by atoms with van der Waals surface area (Å²) in [6.45, 7) is 1.10. The molecule has 3 rings (SSSR count). The predicted octanol–water partition coefficient (Wildman–Crippen LogP) is 1.90. The molecule has 1 unspecified atom stereocenters. The Bertz CT molecular complexity index is 786. The molecule has 3 amide bonds. The van der Waals surface area contributed by atoms with E-state index in [9.17, 15) is 9.59 Å². The van der Waals surface area contributed by atoms with Gasteiger partial charge in [-0.05, 0) is 24.1 Å². The van der Waals surface area contributed by atoms with Gasteiger partial charge in [-0.2, -0.15) is 0 Å². The Hall–Kier alpha value is -2.21. The van der Waals surface area contributed by atoms with E-state index in [1.54, 1.807) is 11.9 Å². The number of rotatable bonds is 4. The molecule has 0 saturated carbocycles. The number of aryl methyl sites for hydroxylation is 1. The minimum absolute atomic E-state index is 0.0646. The van der Waals surface area contributed by atoms with E-state index in [1.165, 1.54) is 5.56 Å². The van der Waals surface area contributed by atoms with Crippen molar-refractivity contribution in [3.63, 3.8) is 0 Å². The van der Waals surface area contributed by atoms with Crippen molar-refractivity contribution in [2.75, 3.05) is 20.1 Å². The number of carbonyl (C=O) groups excluding carboxylic acids is 2. The number of likely N-dealkylation sites (tertiary alicyclic amines) is 1. The highest BCUT2D eigenvalue weighted by molar-refractivity contribution is 6.31. The molecule has 1 fully saturated rings. The molecular formula is C17H21ClN4O2. The van der Waals surface area contributed by atoms with Crippen molar-refractivity contribution in [2.24, 2.45) is 7.05 Å². The lowest BCUT2D eigenvalue weighted by atomic mass is 10.1. The second kappa shape index (κ2) is 6.73. The molecule has 1 saturated heterocycles. The van der Waals surface area contributed by atoms with E-state index in [-0.39, 0.29) is 18.0 Å². The first kappa shape index (κ1) is 16.6. The first-order chi connectivity index (χ1) is 11.4. The normalized spacial score (nSPS) is 17.5. The van der Waals surface area contributed by atoms with Gasteiger partial charge < -0.3 is 20.1 Å². The third-order valence-electron chi connectivity index (χ3n) is 4.39. The molecular weight excluding hydrogens is 328 g/mol. The van der Waals surface area contributed by atoms with Gasteiger partial charge in [0, 0.05) is 55.7 Å². The third kappa shape index (κ3) is 3.48. The number of amides is 3. The average molecular weight is 349 g/mol. The van der Waals surface area contributed by atoms with Crippen LogP contribution in [0.5, 0.6) is 0 Å². The Balaban J connectivity index is 1.53. The fourth-order valence-corrected chi connectivity index (χ4v) is 3.31. The monoisotopic (exact) mass is 348 g/mol. The van der Waals surface area contributed by atoms with Crippen LogP contribution in [0.2, 0.25) is 5.02 Å². The van der Waals surface area contributed by atoms with Crippen LogP contribution in [0.1, 0.15) is 12.0 Å². The lowest BCUT2D eigenvalue weighted by Gasteiger charge is -2.13. The van der Waals surface area contributed by atoms with Gasteiger partial charge in [-0.3, -0.25) is 4.79 Å². The molecule has 1 aliphatic heterocycles. The zero-order chi connectivity index (χ0) is 17.3. The Morgan fingerprint density at radius 1 is 1.38 bits per heavy atom. The highest BCUT2D eigenvalue weighted by Crippen LogP contribution is 2.24. The Labute approximate surface area is 145 Å². The summed E-state index contributed by atoms with van der Waals surface area (Å²) in [5.41, 5.74) is 2.25. The summed E-state index contributed by atoms with van der Waals surface area (Å²) in [6, 6.07) is 5.48. The number of carbonyl (C=O) groups is 2. The fraction of sp³-hybridized carbons (Fsp3) is 0.412. The van der Waals surface area contributed by atoms with E-state index in [0.717, 1.165) is 17.3 Å². The minimum Gasteiger partial charge on any atom is -0.350 e. The number of nitrogens with zero attached hydrogens (tertiary/aromatic N) is 2. The van der Waals surface area contributed by atoms with Gasteiger partial charge in [0.25, 0.3) is 0 Å². The van der Waals surface area contributed by atoms with Crippen molar-refractivity contribution in [2.45, 2.75) is 18.9 Å². The molecule has 1 atom stereocenters. The van der Waals surface area contributed by atoms with Gasteiger partial charge in [-0.15, -0.1) is 0 Å². The van der Waals surface area contributed by atoms with Gasteiger partial charge in [0.2, 0.25) is 5.91 Å². The van der Waals surface area contributed by atoms with Gasteiger partial charge in [-0.1, -0.05) is 17.7 Å². The Kier molecular flexibility index (Phi) is 4.66. The summed E-state index contributed by atoms with van der Waals surface area (Å²) in [4.78, 5) is 25.0. The number of halogens is 1. The molecule has 0 radical (unpaired) electrons. The topological polar surface area (TPSA) is 66.4 Å². The highest BCUT2D eigenvalue weighted by Gasteiger charge is 2.27. The third-order valence-corrected chi connectivity index (χ3v) is 4.63. The zero-order valence-corrected chi connectivity index (χ0v) is 14.6. The van der Waals surface area contributed by atoms with Crippen molar-refractivity contribution in [3.8, 4) is 0 Å². The number of likely N-dealkylation sites (N-methyl/N-ethyl adjacent to an activating group) is 1. The van der Waals surface area contributed by atoms with Crippen LogP contribution in [0.3, 0.4) is 0 Å². The van der Waals surface area contributed by atoms with Crippen LogP contribution >= 0.6 is 11.6 Å². The van der Waals surface area contributed by atoms with E-state index >= 15 is 0 Å². The van der Waals surface area contributed by atoms with Crippen LogP contribution in [-0.4, -0.2) is 47.6 Å². The van der Waals surface area contributed by atoms with Crippen molar-refractivity contribution in [3.05, 3.63) is 35.0 Å². The summed E-state index contributed by atoms with van der Waals surface area (Å²) < 4.78 is 2.04. The van der Waals surface area contributed by atoms with Gasteiger partial charge in [-0.25, -0.2) is 4.79 Å². The standard InChI is InChI=1S/C17H21ClN4O2/c1-21-9-11(14-4-3-12(18)7-15(14)21)5-6-19-17(24)20-13-8-16(23)22(2)10-13/h3-4,7,9,13H,5-6,8,10H2,1-2H3,(H2,19,20,24). The quantitative estimate of drug-likeness (QED) is 0.886. The summed E-state index contributed by atoms with van der Waals surface area (Å²) in [5.74, 6) is 0.0646.